The van der Waals surface area contributed by atoms with Gasteiger partial charge in [-0.25, -0.2) is 4.39 Å². The smallest absolute Gasteiger partial charge is 0.170 e. The van der Waals surface area contributed by atoms with E-state index in [0.717, 1.165) is 28.1 Å². The summed E-state index contributed by atoms with van der Waals surface area (Å²) < 4.78 is 28.5. The number of hydrogen-bond acceptors (Lipinski definition) is 7. The highest BCUT2D eigenvalue weighted by molar-refractivity contribution is 5.81. The van der Waals surface area contributed by atoms with Crippen molar-refractivity contribution < 1.29 is 13.9 Å². The number of hydrogen-bond donors (Lipinski definition) is 1. The van der Waals surface area contributed by atoms with Crippen LogP contribution in [0.1, 0.15) is 22.7 Å². The minimum Gasteiger partial charge on any atom is -0.493 e. The van der Waals surface area contributed by atoms with Crippen molar-refractivity contribution in [1.29, 1.82) is 0 Å². The topological polar surface area (TPSA) is 86.5 Å². The number of fused-ring (bicyclic) bond motifs is 3. The third kappa shape index (κ3) is 2.51. The number of pyridine rings is 1. The summed E-state index contributed by atoms with van der Waals surface area (Å²) in [5.74, 6) is 1.74. The summed E-state index contributed by atoms with van der Waals surface area (Å²) in [6, 6.07) is 7.00. The maximum Gasteiger partial charge on any atom is 0.170 e. The molecular weight excluding hydrogens is 387 g/mol. The first-order chi connectivity index (χ1) is 14.7. The summed E-state index contributed by atoms with van der Waals surface area (Å²) in [5.41, 5.74) is 4.63. The largest absolute Gasteiger partial charge is 0.493 e. The normalized spacial score (nSPS) is 17.1. The molecule has 0 radical (unpaired) electrons. The molecule has 3 aromatic heterocycles. The van der Waals surface area contributed by atoms with Gasteiger partial charge < -0.3 is 14.8 Å². The number of benzene rings is 1. The van der Waals surface area contributed by atoms with Crippen LogP contribution in [0.15, 0.2) is 36.8 Å². The average Bonchev–Trinajstić information content (AvgIpc) is 3.39. The van der Waals surface area contributed by atoms with Crippen LogP contribution in [0.4, 0.5) is 10.2 Å². The summed E-state index contributed by atoms with van der Waals surface area (Å²) in [5, 5.41) is 19.8. The van der Waals surface area contributed by atoms with Crippen molar-refractivity contribution in [2.75, 3.05) is 18.5 Å². The fraction of sp³-hybridized carbons (Fsp3) is 0.238. The summed E-state index contributed by atoms with van der Waals surface area (Å²) in [7, 11) is 0. The van der Waals surface area contributed by atoms with Crippen LogP contribution in [-0.4, -0.2) is 38.0 Å². The zero-order valence-electron chi connectivity index (χ0n) is 16.1. The van der Waals surface area contributed by atoms with Gasteiger partial charge in [0.05, 0.1) is 31.0 Å². The van der Waals surface area contributed by atoms with Gasteiger partial charge in [0.15, 0.2) is 17.2 Å². The molecule has 0 spiro atoms. The Balaban J connectivity index is 1.52. The van der Waals surface area contributed by atoms with Crippen LogP contribution < -0.4 is 14.8 Å². The average molecular weight is 404 g/mol. The van der Waals surface area contributed by atoms with Crippen LogP contribution in [-0.2, 0) is 6.54 Å². The second-order valence-electron chi connectivity index (χ2n) is 7.49. The molecule has 2 aliphatic heterocycles. The molecule has 9 heteroatoms. The molecular formula is C21H17FN6O2. The van der Waals surface area contributed by atoms with Crippen molar-refractivity contribution in [2.24, 2.45) is 0 Å². The van der Waals surface area contributed by atoms with Crippen LogP contribution in [0.3, 0.4) is 0 Å². The lowest BCUT2D eigenvalue weighted by molar-refractivity contribution is 0.249. The van der Waals surface area contributed by atoms with Crippen LogP contribution >= 0.6 is 0 Å². The van der Waals surface area contributed by atoms with Gasteiger partial charge in [0.2, 0.25) is 0 Å². The maximum absolute atomic E-state index is 14.7. The number of nitrogens with one attached hydrogen (secondary N) is 1. The number of rotatable bonds is 1. The molecule has 0 aliphatic carbocycles. The van der Waals surface area contributed by atoms with Crippen molar-refractivity contribution in [2.45, 2.75) is 19.4 Å². The van der Waals surface area contributed by atoms with Crippen molar-refractivity contribution >= 4 is 11.5 Å². The number of nitrogens with zero attached hydrogens (tertiary/aromatic N) is 5. The van der Waals surface area contributed by atoms with Crippen LogP contribution in [0.25, 0.3) is 16.8 Å². The van der Waals surface area contributed by atoms with Gasteiger partial charge in [-0.3, -0.25) is 4.40 Å². The van der Waals surface area contributed by atoms with Crippen LogP contribution in [0, 0.1) is 12.7 Å². The van der Waals surface area contributed by atoms with Gasteiger partial charge in [-0.05, 0) is 31.2 Å². The highest BCUT2D eigenvalue weighted by Crippen LogP contribution is 2.41. The molecule has 150 valence electrons. The monoisotopic (exact) mass is 404 g/mol. The molecule has 1 aromatic carbocycles. The Morgan fingerprint density at radius 1 is 1.10 bits per heavy atom. The Labute approximate surface area is 170 Å². The highest BCUT2D eigenvalue weighted by Gasteiger charge is 2.31. The molecule has 0 fully saturated rings. The molecule has 1 atom stereocenters. The molecule has 4 aromatic rings. The standard InChI is InChI=1S/C21H17FN6O2/c1-11-4-12(6-24-26-11)14-5-18-21(28-10-25-27-20(14)28)23-7-15-16(22)2-3-17-19(15)13(8-29-17)9-30-18/h2-6,10,13,23H,7-9H2,1H3/t13-/m1/s1. The van der Waals surface area contributed by atoms with Crippen molar-refractivity contribution in [3.63, 3.8) is 0 Å². The zero-order chi connectivity index (χ0) is 20.2. The van der Waals surface area contributed by atoms with Crippen molar-refractivity contribution in [3.05, 3.63) is 59.4 Å². The second-order valence-corrected chi connectivity index (χ2v) is 7.49. The molecule has 0 amide bonds. The zero-order valence-corrected chi connectivity index (χ0v) is 16.1. The van der Waals surface area contributed by atoms with E-state index < -0.39 is 0 Å². The Morgan fingerprint density at radius 2 is 1.97 bits per heavy atom. The molecule has 1 N–H and O–H groups in total. The third-order valence-electron chi connectivity index (χ3n) is 5.61. The fourth-order valence-electron chi connectivity index (χ4n) is 4.22. The molecule has 0 unspecified atom stereocenters. The van der Waals surface area contributed by atoms with Crippen molar-refractivity contribution in [3.8, 4) is 22.6 Å². The van der Waals surface area contributed by atoms with E-state index in [1.807, 2.05) is 23.5 Å². The lowest BCUT2D eigenvalue weighted by Crippen LogP contribution is -2.13. The molecule has 8 nitrogen and oxygen atoms in total. The Bertz CT molecular complexity index is 1300. The minimum absolute atomic E-state index is 0.0386. The Morgan fingerprint density at radius 3 is 2.83 bits per heavy atom. The molecule has 0 saturated heterocycles. The molecule has 6 rings (SSSR count). The maximum atomic E-state index is 14.7. The first kappa shape index (κ1) is 17.1. The van der Waals surface area contributed by atoms with E-state index in [-0.39, 0.29) is 11.7 Å². The summed E-state index contributed by atoms with van der Waals surface area (Å²) >= 11 is 0. The van der Waals surface area contributed by atoms with E-state index in [1.54, 1.807) is 18.6 Å². The predicted molar refractivity (Wildman–Crippen MR) is 106 cm³/mol. The van der Waals surface area contributed by atoms with Gasteiger partial charge in [-0.15, -0.1) is 10.2 Å². The highest BCUT2D eigenvalue weighted by atomic mass is 19.1. The minimum atomic E-state index is -0.254. The van der Waals surface area contributed by atoms with Crippen molar-refractivity contribution in [1.82, 2.24) is 24.8 Å². The molecule has 0 bridgehead atoms. The van der Waals surface area contributed by atoms with Gasteiger partial charge in [0, 0.05) is 28.8 Å². The number of ether oxygens (including phenoxy) is 2. The van der Waals surface area contributed by atoms with E-state index in [4.69, 9.17) is 9.47 Å². The van der Waals surface area contributed by atoms with Gasteiger partial charge in [0.1, 0.15) is 17.9 Å². The van der Waals surface area contributed by atoms with Crippen LogP contribution in [0.2, 0.25) is 0 Å². The lowest BCUT2D eigenvalue weighted by Gasteiger charge is -2.16. The predicted octanol–water partition coefficient (Wildman–Crippen LogP) is 3.11. The lowest BCUT2D eigenvalue weighted by atomic mass is 9.96. The van der Waals surface area contributed by atoms with E-state index in [9.17, 15) is 4.39 Å². The Kier molecular flexibility index (Phi) is 3.64. The third-order valence-corrected chi connectivity index (χ3v) is 5.61. The van der Waals surface area contributed by atoms with Crippen LogP contribution in [0.5, 0.6) is 11.5 Å². The van der Waals surface area contributed by atoms with Gasteiger partial charge in [0.25, 0.3) is 0 Å². The summed E-state index contributed by atoms with van der Waals surface area (Å²) in [6.07, 6.45) is 3.31. The number of anilines is 1. The van der Waals surface area contributed by atoms with Gasteiger partial charge >= 0.3 is 0 Å². The summed E-state index contributed by atoms with van der Waals surface area (Å²) in [4.78, 5) is 0. The van der Waals surface area contributed by atoms with Gasteiger partial charge in [-0.2, -0.15) is 10.2 Å². The quantitative estimate of drug-likeness (QED) is 0.522. The van der Waals surface area contributed by atoms with Gasteiger partial charge in [-0.1, -0.05) is 0 Å². The van der Waals surface area contributed by atoms with E-state index in [0.29, 0.717) is 42.5 Å². The Hall–Kier alpha value is -3.75. The van der Waals surface area contributed by atoms with E-state index in [2.05, 4.69) is 25.7 Å². The molecule has 30 heavy (non-hydrogen) atoms. The van der Waals surface area contributed by atoms with E-state index in [1.165, 1.54) is 6.07 Å². The number of aromatic nitrogens is 5. The molecule has 5 heterocycles. The number of halogens is 1. The first-order valence-corrected chi connectivity index (χ1v) is 9.66. The molecule has 0 saturated carbocycles. The first-order valence-electron chi connectivity index (χ1n) is 9.66. The number of aryl methyl sites for hydroxylation is 1. The second kappa shape index (κ2) is 6.38. The SMILES string of the molecule is Cc1cc(-c2cc3c(n4cnnc24)NCc2c(F)ccc4c2[C@H](CO4)CO3)cnn1. The fourth-order valence-corrected chi connectivity index (χ4v) is 4.22. The molecule has 2 aliphatic rings. The van der Waals surface area contributed by atoms with E-state index >= 15 is 0 Å². The summed E-state index contributed by atoms with van der Waals surface area (Å²) in [6.45, 7) is 3.03.